The number of ether oxygens (including phenoxy) is 1. The molecule has 2 aliphatic heterocycles. The monoisotopic (exact) mass is 291 g/mol. The first-order valence-electron chi connectivity index (χ1n) is 6.98. The standard InChI is InChI=1S/C14H17N3O4/c18-13(19)5-9-1-2-10(6-15-9)16-14(20)17-7-11-3-4-12(8-17)21-11/h1-2,6,11-12H,3-5,7-8H2,(H,16,20)(H,18,19). The Balaban J connectivity index is 1.58. The number of aromatic nitrogens is 1. The number of carboxylic acids is 1. The van der Waals surface area contributed by atoms with Gasteiger partial charge in [0.25, 0.3) is 0 Å². The van der Waals surface area contributed by atoms with E-state index in [4.69, 9.17) is 9.84 Å². The molecule has 2 bridgehead atoms. The van der Waals surface area contributed by atoms with Crippen molar-refractivity contribution in [3.8, 4) is 0 Å². The molecule has 0 saturated carbocycles. The maximum atomic E-state index is 12.2. The van der Waals surface area contributed by atoms with Crippen LogP contribution in [0.3, 0.4) is 0 Å². The van der Waals surface area contributed by atoms with Crippen LogP contribution >= 0.6 is 0 Å². The molecule has 2 atom stereocenters. The molecule has 2 fully saturated rings. The predicted octanol–water partition coefficient (Wildman–Crippen LogP) is 1.10. The summed E-state index contributed by atoms with van der Waals surface area (Å²) in [6, 6.07) is 3.10. The molecule has 112 valence electrons. The second-order valence-corrected chi connectivity index (χ2v) is 5.40. The Hall–Kier alpha value is -2.15. The number of pyridine rings is 1. The average molecular weight is 291 g/mol. The second-order valence-electron chi connectivity index (χ2n) is 5.40. The van der Waals surface area contributed by atoms with Crippen molar-refractivity contribution in [3.63, 3.8) is 0 Å². The number of nitrogens with zero attached hydrogens (tertiary/aromatic N) is 2. The summed E-state index contributed by atoms with van der Waals surface area (Å²) in [7, 11) is 0. The van der Waals surface area contributed by atoms with Crippen LogP contribution in [-0.4, -0.2) is 52.3 Å². The molecule has 2 unspecified atom stereocenters. The molecule has 0 spiro atoms. The van der Waals surface area contributed by atoms with E-state index >= 15 is 0 Å². The summed E-state index contributed by atoms with van der Waals surface area (Å²) in [5.41, 5.74) is 1.03. The summed E-state index contributed by atoms with van der Waals surface area (Å²) in [6.45, 7) is 1.24. The number of amides is 2. The van der Waals surface area contributed by atoms with Crippen LogP contribution in [0.25, 0.3) is 0 Å². The fourth-order valence-electron chi connectivity index (χ4n) is 2.74. The molecule has 2 amide bonds. The quantitative estimate of drug-likeness (QED) is 0.870. The normalized spacial score (nSPS) is 23.9. The van der Waals surface area contributed by atoms with E-state index < -0.39 is 5.97 Å². The summed E-state index contributed by atoms with van der Waals surface area (Å²) in [6.07, 6.45) is 3.70. The summed E-state index contributed by atoms with van der Waals surface area (Å²) in [5.74, 6) is -0.928. The number of carboxylic acid groups (broad SMARTS) is 1. The third-order valence-electron chi connectivity index (χ3n) is 3.74. The van der Waals surface area contributed by atoms with E-state index in [-0.39, 0.29) is 24.7 Å². The van der Waals surface area contributed by atoms with E-state index in [0.29, 0.717) is 24.5 Å². The number of aliphatic carboxylic acids is 1. The molecule has 1 aromatic rings. The lowest BCUT2D eigenvalue weighted by Crippen LogP contribution is -2.47. The van der Waals surface area contributed by atoms with Crippen molar-refractivity contribution in [2.45, 2.75) is 31.5 Å². The molecule has 0 radical (unpaired) electrons. The number of nitrogens with one attached hydrogen (secondary N) is 1. The van der Waals surface area contributed by atoms with Crippen LogP contribution in [0.2, 0.25) is 0 Å². The number of hydrogen-bond acceptors (Lipinski definition) is 4. The maximum Gasteiger partial charge on any atom is 0.322 e. The van der Waals surface area contributed by atoms with Crippen LogP contribution in [0, 0.1) is 0 Å². The van der Waals surface area contributed by atoms with Crippen LogP contribution in [-0.2, 0) is 16.0 Å². The van der Waals surface area contributed by atoms with Gasteiger partial charge in [0.15, 0.2) is 0 Å². The van der Waals surface area contributed by atoms with Crippen molar-refractivity contribution in [1.29, 1.82) is 0 Å². The van der Waals surface area contributed by atoms with Gasteiger partial charge in [-0.05, 0) is 25.0 Å². The molecule has 21 heavy (non-hydrogen) atoms. The first kappa shape index (κ1) is 13.8. The highest BCUT2D eigenvalue weighted by Crippen LogP contribution is 2.26. The van der Waals surface area contributed by atoms with Crippen molar-refractivity contribution in [3.05, 3.63) is 24.0 Å². The van der Waals surface area contributed by atoms with E-state index in [1.807, 2.05) is 0 Å². The third kappa shape index (κ3) is 3.30. The molecule has 2 aliphatic rings. The summed E-state index contributed by atoms with van der Waals surface area (Å²) < 4.78 is 5.69. The molecule has 7 heteroatoms. The molecule has 2 N–H and O–H groups in total. The minimum atomic E-state index is -0.928. The Bertz CT molecular complexity index is 534. The lowest BCUT2D eigenvalue weighted by Gasteiger charge is -2.32. The number of anilines is 1. The fraction of sp³-hybridized carbons (Fsp3) is 0.500. The van der Waals surface area contributed by atoms with Crippen LogP contribution in [0.1, 0.15) is 18.5 Å². The number of urea groups is 1. The molecular formula is C14H17N3O4. The first-order chi connectivity index (χ1) is 10.1. The maximum absolute atomic E-state index is 12.2. The van der Waals surface area contributed by atoms with E-state index in [1.165, 1.54) is 6.20 Å². The molecule has 2 saturated heterocycles. The van der Waals surface area contributed by atoms with Crippen molar-refractivity contribution < 1.29 is 19.4 Å². The van der Waals surface area contributed by atoms with Gasteiger partial charge in [-0.15, -0.1) is 0 Å². The number of morpholine rings is 1. The number of carbonyl (C=O) groups is 2. The molecule has 3 heterocycles. The van der Waals surface area contributed by atoms with Crippen molar-refractivity contribution in [1.82, 2.24) is 9.88 Å². The van der Waals surface area contributed by atoms with Gasteiger partial charge >= 0.3 is 12.0 Å². The van der Waals surface area contributed by atoms with E-state index in [9.17, 15) is 9.59 Å². The Labute approximate surface area is 121 Å². The lowest BCUT2D eigenvalue weighted by molar-refractivity contribution is -0.136. The van der Waals surface area contributed by atoms with Crippen LogP contribution in [0.5, 0.6) is 0 Å². The summed E-state index contributed by atoms with van der Waals surface area (Å²) >= 11 is 0. The van der Waals surface area contributed by atoms with Crippen LogP contribution < -0.4 is 5.32 Å². The van der Waals surface area contributed by atoms with Gasteiger partial charge in [0.2, 0.25) is 0 Å². The number of hydrogen-bond donors (Lipinski definition) is 2. The Kier molecular flexibility index (Phi) is 3.74. The van der Waals surface area contributed by atoms with Gasteiger partial charge in [0.05, 0.1) is 36.2 Å². The first-order valence-corrected chi connectivity index (χ1v) is 6.98. The minimum Gasteiger partial charge on any atom is -0.481 e. The predicted molar refractivity (Wildman–Crippen MR) is 74.1 cm³/mol. The van der Waals surface area contributed by atoms with Crippen molar-refractivity contribution >= 4 is 17.7 Å². The molecule has 1 aromatic heterocycles. The summed E-state index contributed by atoms with van der Waals surface area (Å²) in [4.78, 5) is 28.5. The van der Waals surface area contributed by atoms with Crippen molar-refractivity contribution in [2.75, 3.05) is 18.4 Å². The number of fused-ring (bicyclic) bond motifs is 2. The highest BCUT2D eigenvalue weighted by Gasteiger charge is 2.35. The zero-order chi connectivity index (χ0) is 14.8. The Morgan fingerprint density at radius 2 is 2.05 bits per heavy atom. The fourth-order valence-corrected chi connectivity index (χ4v) is 2.74. The van der Waals surface area contributed by atoms with Gasteiger partial charge in [-0.25, -0.2) is 4.79 Å². The highest BCUT2D eigenvalue weighted by atomic mass is 16.5. The minimum absolute atomic E-state index is 0.124. The zero-order valence-corrected chi connectivity index (χ0v) is 11.5. The van der Waals surface area contributed by atoms with Crippen LogP contribution in [0.15, 0.2) is 18.3 Å². The summed E-state index contributed by atoms with van der Waals surface area (Å²) in [5, 5.41) is 11.5. The molecule has 0 aliphatic carbocycles. The smallest absolute Gasteiger partial charge is 0.322 e. The van der Waals surface area contributed by atoms with E-state index in [1.54, 1.807) is 17.0 Å². The van der Waals surface area contributed by atoms with Gasteiger partial charge in [-0.2, -0.15) is 0 Å². The Morgan fingerprint density at radius 3 is 2.62 bits per heavy atom. The molecule has 7 nitrogen and oxygen atoms in total. The number of carbonyl (C=O) groups excluding carboxylic acids is 1. The second kappa shape index (κ2) is 5.69. The Morgan fingerprint density at radius 1 is 1.33 bits per heavy atom. The molecule has 0 aromatic carbocycles. The topological polar surface area (TPSA) is 91.8 Å². The lowest BCUT2D eigenvalue weighted by atomic mass is 10.2. The van der Waals surface area contributed by atoms with Gasteiger partial charge in [0, 0.05) is 13.1 Å². The highest BCUT2D eigenvalue weighted by molar-refractivity contribution is 5.89. The van der Waals surface area contributed by atoms with Gasteiger partial charge in [-0.3, -0.25) is 9.78 Å². The van der Waals surface area contributed by atoms with E-state index in [2.05, 4.69) is 10.3 Å². The van der Waals surface area contributed by atoms with Gasteiger partial charge < -0.3 is 20.1 Å². The zero-order valence-electron chi connectivity index (χ0n) is 11.5. The average Bonchev–Trinajstić information content (AvgIpc) is 2.79. The van der Waals surface area contributed by atoms with Gasteiger partial charge in [0.1, 0.15) is 0 Å². The molecule has 3 rings (SSSR count). The SMILES string of the molecule is O=C(O)Cc1ccc(NC(=O)N2CC3CCC(C2)O3)cn1. The number of likely N-dealkylation sites (tertiary alicyclic amines) is 1. The number of rotatable bonds is 3. The largest absolute Gasteiger partial charge is 0.481 e. The molecular weight excluding hydrogens is 274 g/mol. The third-order valence-corrected chi connectivity index (χ3v) is 3.74. The van der Waals surface area contributed by atoms with E-state index in [0.717, 1.165) is 12.8 Å². The van der Waals surface area contributed by atoms with Crippen molar-refractivity contribution in [2.24, 2.45) is 0 Å². The van der Waals surface area contributed by atoms with Crippen LogP contribution in [0.4, 0.5) is 10.5 Å². The van der Waals surface area contributed by atoms with Gasteiger partial charge in [-0.1, -0.05) is 0 Å².